The second kappa shape index (κ2) is 10.1. The Morgan fingerprint density at radius 2 is 0.786 bits per heavy atom. The fraction of sp³-hybridized carbons (Fsp3) is 0.0714. The maximum absolute atomic E-state index is 2.18. The lowest BCUT2D eigenvalue weighted by Gasteiger charge is -2.06. The van der Waals surface area contributed by atoms with E-state index < -0.39 is 0 Å². The molecule has 28 heavy (non-hydrogen) atoms. The average Bonchev–Trinajstić information content (AvgIpc) is 2.81. The highest BCUT2D eigenvalue weighted by atomic mass is 14.0. The van der Waals surface area contributed by atoms with Crippen LogP contribution in [0.3, 0.4) is 0 Å². The minimum Gasteiger partial charge on any atom is -0.0683 e. The van der Waals surface area contributed by atoms with Gasteiger partial charge in [-0.1, -0.05) is 135 Å². The molecule has 0 fully saturated rings. The molecule has 0 aliphatic carbocycles. The summed E-state index contributed by atoms with van der Waals surface area (Å²) in [4.78, 5) is 0. The standard InChI is InChI=1S/C16H12.C10H8.C2H6/c1-2-7-13(8-3-1)16-12-6-10-14-9-4-5-11-15(14)16;1-2-6-10-8-4-3-7-9(10)5-1;1-2/h1-12H;1-8H;1-2H3. The highest BCUT2D eigenvalue weighted by Crippen LogP contribution is 2.27. The molecule has 0 N–H and O–H groups in total. The lowest BCUT2D eigenvalue weighted by Crippen LogP contribution is -1.79. The van der Waals surface area contributed by atoms with Crippen LogP contribution in [0.2, 0.25) is 0 Å². The van der Waals surface area contributed by atoms with Gasteiger partial charge in [-0.15, -0.1) is 0 Å². The van der Waals surface area contributed by atoms with Crippen LogP contribution in [-0.4, -0.2) is 0 Å². The summed E-state index contributed by atoms with van der Waals surface area (Å²) in [6, 6.07) is 42.2. The number of hydrogen-bond acceptors (Lipinski definition) is 0. The first kappa shape index (κ1) is 19.4. The maximum Gasteiger partial charge on any atom is -0.0105 e. The first-order valence-electron chi connectivity index (χ1n) is 9.89. The summed E-state index contributed by atoms with van der Waals surface area (Å²) < 4.78 is 0. The van der Waals surface area contributed by atoms with Crippen LogP contribution in [0.1, 0.15) is 13.8 Å². The SMILES string of the molecule is CC.c1ccc(-c2cccc3ccccc23)cc1.c1ccc2ccccc2c1. The molecule has 0 aliphatic heterocycles. The molecule has 0 aliphatic rings. The van der Waals surface area contributed by atoms with Crippen LogP contribution in [0.25, 0.3) is 32.7 Å². The van der Waals surface area contributed by atoms with E-state index in [-0.39, 0.29) is 0 Å². The highest BCUT2D eigenvalue weighted by molar-refractivity contribution is 5.96. The van der Waals surface area contributed by atoms with Crippen molar-refractivity contribution >= 4 is 21.5 Å². The predicted molar refractivity (Wildman–Crippen MR) is 125 cm³/mol. The fourth-order valence-corrected chi connectivity index (χ4v) is 3.23. The number of fused-ring (bicyclic) bond motifs is 2. The maximum atomic E-state index is 2.18. The van der Waals surface area contributed by atoms with Crippen molar-refractivity contribution in [2.24, 2.45) is 0 Å². The Balaban J connectivity index is 0.000000161. The Labute approximate surface area is 168 Å². The van der Waals surface area contributed by atoms with Crippen molar-refractivity contribution in [2.45, 2.75) is 13.8 Å². The summed E-state index contributed by atoms with van der Waals surface area (Å²) in [6.45, 7) is 4.00. The van der Waals surface area contributed by atoms with Crippen LogP contribution in [-0.2, 0) is 0 Å². The third-order valence-electron chi connectivity index (χ3n) is 4.53. The van der Waals surface area contributed by atoms with Gasteiger partial charge in [0.05, 0.1) is 0 Å². The average molecular weight is 363 g/mol. The summed E-state index contributed by atoms with van der Waals surface area (Å²) in [5.41, 5.74) is 2.58. The van der Waals surface area contributed by atoms with Gasteiger partial charge in [0.1, 0.15) is 0 Å². The fourth-order valence-electron chi connectivity index (χ4n) is 3.23. The Kier molecular flexibility index (Phi) is 6.98. The molecule has 0 atom stereocenters. The van der Waals surface area contributed by atoms with Gasteiger partial charge in [0.25, 0.3) is 0 Å². The van der Waals surface area contributed by atoms with Crippen molar-refractivity contribution in [1.82, 2.24) is 0 Å². The van der Waals surface area contributed by atoms with Crippen LogP contribution in [0.5, 0.6) is 0 Å². The van der Waals surface area contributed by atoms with E-state index in [1.807, 2.05) is 13.8 Å². The second-order valence-electron chi connectivity index (χ2n) is 6.24. The first-order chi connectivity index (χ1) is 13.9. The van der Waals surface area contributed by atoms with E-state index >= 15 is 0 Å². The molecule has 0 saturated heterocycles. The van der Waals surface area contributed by atoms with Crippen LogP contribution in [0.15, 0.2) is 121 Å². The van der Waals surface area contributed by atoms with E-state index in [0.717, 1.165) is 0 Å². The largest absolute Gasteiger partial charge is 0.0683 e. The number of benzene rings is 5. The van der Waals surface area contributed by atoms with Crippen molar-refractivity contribution in [3.05, 3.63) is 121 Å². The summed E-state index contributed by atoms with van der Waals surface area (Å²) >= 11 is 0. The summed E-state index contributed by atoms with van der Waals surface area (Å²) in [5, 5.41) is 5.23. The summed E-state index contributed by atoms with van der Waals surface area (Å²) in [7, 11) is 0. The molecule has 0 bridgehead atoms. The molecule has 0 aromatic heterocycles. The zero-order valence-electron chi connectivity index (χ0n) is 16.5. The molecule has 0 nitrogen and oxygen atoms in total. The van der Waals surface area contributed by atoms with Crippen LogP contribution >= 0.6 is 0 Å². The van der Waals surface area contributed by atoms with E-state index in [2.05, 4.69) is 121 Å². The van der Waals surface area contributed by atoms with Crippen molar-refractivity contribution in [3.8, 4) is 11.1 Å². The van der Waals surface area contributed by atoms with E-state index in [1.54, 1.807) is 0 Å². The molecule has 0 heterocycles. The third kappa shape index (κ3) is 4.66. The normalized spacial score (nSPS) is 9.79. The molecule has 0 unspecified atom stereocenters. The lowest BCUT2D eigenvalue weighted by atomic mass is 9.98. The lowest BCUT2D eigenvalue weighted by molar-refractivity contribution is 1.50. The first-order valence-corrected chi connectivity index (χ1v) is 9.89. The van der Waals surface area contributed by atoms with E-state index in [4.69, 9.17) is 0 Å². The van der Waals surface area contributed by atoms with Crippen LogP contribution < -0.4 is 0 Å². The topological polar surface area (TPSA) is 0 Å². The van der Waals surface area contributed by atoms with Gasteiger partial charge in [0.2, 0.25) is 0 Å². The molecule has 5 aromatic rings. The Hall–Kier alpha value is -3.38. The molecule has 5 aromatic carbocycles. The monoisotopic (exact) mass is 362 g/mol. The van der Waals surface area contributed by atoms with Gasteiger partial charge in [-0.05, 0) is 32.7 Å². The van der Waals surface area contributed by atoms with Gasteiger partial charge in [-0.2, -0.15) is 0 Å². The van der Waals surface area contributed by atoms with Crippen LogP contribution in [0.4, 0.5) is 0 Å². The Morgan fingerprint density at radius 3 is 1.36 bits per heavy atom. The van der Waals surface area contributed by atoms with Gasteiger partial charge in [-0.3, -0.25) is 0 Å². The van der Waals surface area contributed by atoms with Crippen molar-refractivity contribution in [2.75, 3.05) is 0 Å². The zero-order chi connectivity index (χ0) is 19.6. The van der Waals surface area contributed by atoms with E-state index in [1.165, 1.54) is 32.7 Å². The predicted octanol–water partition coefficient (Wildman–Crippen LogP) is 8.37. The molecule has 5 rings (SSSR count). The third-order valence-corrected chi connectivity index (χ3v) is 4.53. The van der Waals surface area contributed by atoms with Crippen molar-refractivity contribution in [1.29, 1.82) is 0 Å². The van der Waals surface area contributed by atoms with Gasteiger partial charge in [-0.25, -0.2) is 0 Å². The van der Waals surface area contributed by atoms with E-state index in [0.29, 0.717) is 0 Å². The minimum absolute atomic E-state index is 1.28. The second-order valence-corrected chi connectivity index (χ2v) is 6.24. The Morgan fingerprint density at radius 1 is 0.357 bits per heavy atom. The summed E-state index contributed by atoms with van der Waals surface area (Å²) in [6.07, 6.45) is 0. The van der Waals surface area contributed by atoms with Gasteiger partial charge >= 0.3 is 0 Å². The smallest absolute Gasteiger partial charge is 0.0105 e. The number of hydrogen-bond donors (Lipinski definition) is 0. The molecule has 0 amide bonds. The van der Waals surface area contributed by atoms with Crippen LogP contribution in [0, 0.1) is 0 Å². The molecule has 0 spiro atoms. The van der Waals surface area contributed by atoms with Crippen molar-refractivity contribution < 1.29 is 0 Å². The van der Waals surface area contributed by atoms with Gasteiger partial charge in [0.15, 0.2) is 0 Å². The van der Waals surface area contributed by atoms with E-state index in [9.17, 15) is 0 Å². The summed E-state index contributed by atoms with van der Waals surface area (Å²) in [5.74, 6) is 0. The minimum atomic E-state index is 1.28. The van der Waals surface area contributed by atoms with Crippen molar-refractivity contribution in [3.63, 3.8) is 0 Å². The quantitative estimate of drug-likeness (QED) is 0.281. The molecule has 0 heteroatoms. The molecular formula is C28H26. The molecule has 0 radical (unpaired) electrons. The molecule has 0 saturated carbocycles. The molecular weight excluding hydrogens is 336 g/mol. The Bertz CT molecular complexity index is 1050. The highest BCUT2D eigenvalue weighted by Gasteiger charge is 2.01. The molecule has 138 valence electrons. The zero-order valence-corrected chi connectivity index (χ0v) is 16.5. The van der Waals surface area contributed by atoms with Gasteiger partial charge in [0, 0.05) is 0 Å². The number of rotatable bonds is 1. The van der Waals surface area contributed by atoms with Gasteiger partial charge < -0.3 is 0 Å².